The van der Waals surface area contributed by atoms with E-state index in [9.17, 15) is 34.2 Å². The summed E-state index contributed by atoms with van der Waals surface area (Å²) in [6.07, 6.45) is 1.56. The Balaban J connectivity index is 3.00. The first-order chi connectivity index (χ1) is 17.3. The third-order valence-corrected chi connectivity index (χ3v) is 5.95. The van der Waals surface area contributed by atoms with Crippen LogP contribution in [0.15, 0.2) is 24.3 Å². The molecule has 206 valence electrons. The minimum atomic E-state index is -1.35. The van der Waals surface area contributed by atoms with Crippen LogP contribution in [-0.4, -0.2) is 81.2 Å². The lowest BCUT2D eigenvalue weighted by Gasteiger charge is -2.26. The number of thioether (sulfide) groups is 1. The number of nitrogens with one attached hydrogen (secondary N) is 3. The summed E-state index contributed by atoms with van der Waals surface area (Å²) < 4.78 is 0. The van der Waals surface area contributed by atoms with Crippen molar-refractivity contribution >= 4 is 41.4 Å². The molecule has 0 bridgehead atoms. The van der Waals surface area contributed by atoms with E-state index in [4.69, 9.17) is 10.8 Å². The Morgan fingerprint density at radius 1 is 0.892 bits per heavy atom. The number of aromatic hydroxyl groups is 1. The average molecular weight is 541 g/mol. The second-order valence-corrected chi connectivity index (χ2v) is 9.99. The van der Waals surface area contributed by atoms with Gasteiger partial charge in [-0.05, 0) is 48.5 Å². The SMILES string of the molecule is CSCCC(NC(=O)C(CC(C)C)NC(=O)C(N)CC(=O)O)C(=O)NC(Cc1ccc(O)cc1)C(=O)O. The van der Waals surface area contributed by atoms with Gasteiger partial charge in [0, 0.05) is 6.42 Å². The first kappa shape index (κ1) is 31.7. The molecule has 0 fully saturated rings. The number of nitrogens with two attached hydrogens (primary N) is 1. The van der Waals surface area contributed by atoms with Crippen molar-refractivity contribution in [1.29, 1.82) is 0 Å². The molecule has 1 rings (SSSR count). The van der Waals surface area contributed by atoms with E-state index >= 15 is 0 Å². The van der Waals surface area contributed by atoms with E-state index < -0.39 is 60.2 Å². The average Bonchev–Trinajstić information content (AvgIpc) is 2.81. The lowest BCUT2D eigenvalue weighted by atomic mass is 10.0. The zero-order valence-electron chi connectivity index (χ0n) is 21.1. The summed E-state index contributed by atoms with van der Waals surface area (Å²) in [7, 11) is 0. The Bertz CT molecular complexity index is 941. The number of carboxylic acids is 2. The molecule has 4 atom stereocenters. The first-order valence-corrected chi connectivity index (χ1v) is 13.1. The molecule has 3 amide bonds. The minimum Gasteiger partial charge on any atom is -0.508 e. The van der Waals surface area contributed by atoms with Gasteiger partial charge in [-0.25, -0.2) is 4.79 Å². The summed E-state index contributed by atoms with van der Waals surface area (Å²) in [4.78, 5) is 61.1. The molecule has 0 aliphatic rings. The maximum atomic E-state index is 13.1. The van der Waals surface area contributed by atoms with Gasteiger partial charge in [0.25, 0.3) is 0 Å². The molecule has 0 heterocycles. The normalized spacial score (nSPS) is 14.2. The number of hydrogen-bond acceptors (Lipinski definition) is 8. The Labute approximate surface area is 219 Å². The highest BCUT2D eigenvalue weighted by Crippen LogP contribution is 2.12. The van der Waals surface area contributed by atoms with Crippen LogP contribution in [0, 0.1) is 5.92 Å². The molecule has 4 unspecified atom stereocenters. The Kier molecular flexibility index (Phi) is 13.5. The van der Waals surface area contributed by atoms with Crippen molar-refractivity contribution in [2.45, 2.75) is 63.7 Å². The predicted molar refractivity (Wildman–Crippen MR) is 138 cm³/mol. The maximum Gasteiger partial charge on any atom is 0.326 e. The highest BCUT2D eigenvalue weighted by Gasteiger charge is 2.31. The summed E-state index contributed by atoms with van der Waals surface area (Å²) in [5, 5.41) is 35.4. The molecule has 37 heavy (non-hydrogen) atoms. The van der Waals surface area contributed by atoms with Gasteiger partial charge < -0.3 is 37.0 Å². The number of aliphatic carboxylic acids is 2. The van der Waals surface area contributed by atoms with Gasteiger partial charge in [-0.15, -0.1) is 0 Å². The molecule has 8 N–H and O–H groups in total. The van der Waals surface area contributed by atoms with Crippen molar-refractivity contribution in [1.82, 2.24) is 16.0 Å². The summed E-state index contributed by atoms with van der Waals surface area (Å²) in [6.45, 7) is 3.64. The molecule has 0 saturated carbocycles. The molecule has 0 aliphatic carbocycles. The van der Waals surface area contributed by atoms with Gasteiger partial charge in [0.05, 0.1) is 12.5 Å². The zero-order valence-corrected chi connectivity index (χ0v) is 21.9. The summed E-state index contributed by atoms with van der Waals surface area (Å²) in [6, 6.07) is 1.09. The summed E-state index contributed by atoms with van der Waals surface area (Å²) in [5.41, 5.74) is 6.18. The quantitative estimate of drug-likeness (QED) is 0.150. The van der Waals surface area contributed by atoms with Gasteiger partial charge in [0.2, 0.25) is 17.7 Å². The molecule has 13 heteroatoms. The fourth-order valence-electron chi connectivity index (χ4n) is 3.38. The van der Waals surface area contributed by atoms with Crippen LogP contribution in [0.5, 0.6) is 5.75 Å². The van der Waals surface area contributed by atoms with Crippen molar-refractivity contribution < 1.29 is 39.3 Å². The lowest BCUT2D eigenvalue weighted by molar-refractivity contribution is -0.142. The minimum absolute atomic E-state index is 0.0199. The number of rotatable bonds is 16. The molecule has 0 saturated heterocycles. The van der Waals surface area contributed by atoms with E-state index in [-0.39, 0.29) is 30.9 Å². The number of amides is 3. The van der Waals surface area contributed by atoms with Crippen LogP contribution in [0.2, 0.25) is 0 Å². The van der Waals surface area contributed by atoms with Crippen LogP contribution in [-0.2, 0) is 30.4 Å². The third-order valence-electron chi connectivity index (χ3n) is 5.31. The van der Waals surface area contributed by atoms with E-state index in [1.165, 1.54) is 23.9 Å². The van der Waals surface area contributed by atoms with Crippen molar-refractivity contribution in [3.8, 4) is 5.75 Å². The number of carbonyl (C=O) groups is 5. The van der Waals surface area contributed by atoms with Gasteiger partial charge in [-0.3, -0.25) is 19.2 Å². The number of carbonyl (C=O) groups excluding carboxylic acids is 3. The Morgan fingerprint density at radius 2 is 1.43 bits per heavy atom. The molecule has 0 radical (unpaired) electrons. The molecule has 0 aromatic heterocycles. The monoisotopic (exact) mass is 540 g/mol. The lowest BCUT2D eigenvalue weighted by Crippen LogP contribution is -2.57. The highest BCUT2D eigenvalue weighted by molar-refractivity contribution is 7.98. The van der Waals surface area contributed by atoms with E-state index in [0.717, 1.165) is 0 Å². The van der Waals surface area contributed by atoms with Gasteiger partial charge in [0.1, 0.15) is 23.9 Å². The predicted octanol–water partition coefficient (Wildman–Crippen LogP) is 0.0749. The summed E-state index contributed by atoms with van der Waals surface area (Å²) >= 11 is 1.43. The van der Waals surface area contributed by atoms with Crippen molar-refractivity contribution in [3.63, 3.8) is 0 Å². The van der Waals surface area contributed by atoms with Crippen LogP contribution in [0.1, 0.15) is 38.7 Å². The van der Waals surface area contributed by atoms with E-state index in [2.05, 4.69) is 16.0 Å². The standard InChI is InChI=1S/C24H36N4O8S/c1-13(2)10-18(27-21(32)16(25)12-20(30)31)23(34)26-17(8-9-37-3)22(33)28-19(24(35)36)11-14-4-6-15(29)7-5-14/h4-7,13,16-19,29H,8-12,25H2,1-3H3,(H,26,34)(H,27,32)(H,28,33)(H,30,31)(H,35,36). The van der Waals surface area contributed by atoms with Crippen LogP contribution >= 0.6 is 11.8 Å². The molecule has 0 spiro atoms. The number of hydrogen-bond donors (Lipinski definition) is 7. The van der Waals surface area contributed by atoms with Gasteiger partial charge in [0.15, 0.2) is 0 Å². The largest absolute Gasteiger partial charge is 0.508 e. The molecule has 0 aliphatic heterocycles. The van der Waals surface area contributed by atoms with Gasteiger partial charge in [-0.2, -0.15) is 11.8 Å². The zero-order chi connectivity index (χ0) is 28.1. The molecular formula is C24H36N4O8S. The van der Waals surface area contributed by atoms with Crippen LogP contribution in [0.25, 0.3) is 0 Å². The Hall–Kier alpha value is -3.32. The number of carboxylic acid groups (broad SMARTS) is 2. The molecule has 12 nitrogen and oxygen atoms in total. The number of phenolic OH excluding ortho intramolecular Hbond substituents is 1. The number of benzene rings is 1. The van der Waals surface area contributed by atoms with Gasteiger partial charge in [-0.1, -0.05) is 26.0 Å². The Morgan fingerprint density at radius 3 is 1.95 bits per heavy atom. The fourth-order valence-corrected chi connectivity index (χ4v) is 3.85. The van der Waals surface area contributed by atoms with Crippen LogP contribution in [0.4, 0.5) is 0 Å². The van der Waals surface area contributed by atoms with Crippen LogP contribution < -0.4 is 21.7 Å². The number of phenols is 1. The van der Waals surface area contributed by atoms with Crippen molar-refractivity contribution in [2.24, 2.45) is 11.7 Å². The third kappa shape index (κ3) is 12.0. The molecule has 1 aromatic carbocycles. The second kappa shape index (κ2) is 15.7. The highest BCUT2D eigenvalue weighted by atomic mass is 32.2. The summed E-state index contributed by atoms with van der Waals surface area (Å²) in [5.74, 6) is -4.25. The smallest absolute Gasteiger partial charge is 0.326 e. The van der Waals surface area contributed by atoms with Gasteiger partial charge >= 0.3 is 11.9 Å². The maximum absolute atomic E-state index is 13.1. The first-order valence-electron chi connectivity index (χ1n) is 11.7. The molecular weight excluding hydrogens is 504 g/mol. The van der Waals surface area contributed by atoms with E-state index in [1.54, 1.807) is 12.1 Å². The van der Waals surface area contributed by atoms with E-state index in [0.29, 0.717) is 11.3 Å². The van der Waals surface area contributed by atoms with Crippen molar-refractivity contribution in [2.75, 3.05) is 12.0 Å². The van der Waals surface area contributed by atoms with E-state index in [1.807, 2.05) is 20.1 Å². The van der Waals surface area contributed by atoms with Crippen LogP contribution in [0.3, 0.4) is 0 Å². The second-order valence-electron chi connectivity index (χ2n) is 9.01. The molecule has 1 aromatic rings. The van der Waals surface area contributed by atoms with Crippen molar-refractivity contribution in [3.05, 3.63) is 29.8 Å². The fraction of sp³-hybridized carbons (Fsp3) is 0.542. The topological polar surface area (TPSA) is 208 Å².